The molecule has 1 N–H and O–H groups in total. The topological polar surface area (TPSA) is 64.4 Å². The highest BCUT2D eigenvalue weighted by Crippen LogP contribution is 2.22. The molecule has 1 aromatic carbocycles. The molecule has 0 amide bonds. The van der Waals surface area contributed by atoms with Crippen molar-refractivity contribution in [1.29, 1.82) is 0 Å². The van der Waals surface area contributed by atoms with Crippen LogP contribution in [0.15, 0.2) is 35.0 Å². The van der Waals surface area contributed by atoms with E-state index in [4.69, 9.17) is 4.74 Å². The summed E-state index contributed by atoms with van der Waals surface area (Å²) in [6.45, 7) is 2.68. The fourth-order valence-corrected chi connectivity index (χ4v) is 2.78. The summed E-state index contributed by atoms with van der Waals surface area (Å²) in [6.07, 6.45) is 0.940. The fraction of sp³-hybridized carbons (Fsp3) is 0.333. The average molecular weight is 306 g/mol. The smallest absolute Gasteiger partial charge is 0.273 e. The van der Waals surface area contributed by atoms with Crippen LogP contribution in [0.25, 0.3) is 0 Å². The number of hydrogen-bond acceptors (Lipinski definition) is 5. The standard InChI is InChI=1S/C15H18N2O3S/c1-11(5-12-3-4-21-10-12)16-9-13-6-14(17(18)19)8-15(7-13)20-2/h3-4,6-8,10-11,16H,5,9H2,1-2H3. The molecule has 0 aliphatic carbocycles. The van der Waals surface area contributed by atoms with E-state index in [-0.39, 0.29) is 5.69 Å². The highest BCUT2D eigenvalue weighted by atomic mass is 32.1. The molecule has 0 saturated heterocycles. The summed E-state index contributed by atoms with van der Waals surface area (Å²) in [5.74, 6) is 0.506. The van der Waals surface area contributed by atoms with Crippen molar-refractivity contribution in [2.24, 2.45) is 0 Å². The molecule has 0 bridgehead atoms. The first-order valence-corrected chi connectivity index (χ1v) is 7.59. The third-order valence-corrected chi connectivity index (χ3v) is 3.91. The Morgan fingerprint density at radius 2 is 2.19 bits per heavy atom. The van der Waals surface area contributed by atoms with Crippen LogP contribution >= 0.6 is 11.3 Å². The zero-order valence-electron chi connectivity index (χ0n) is 12.0. The van der Waals surface area contributed by atoms with Gasteiger partial charge in [-0.05, 0) is 47.4 Å². The molecule has 2 rings (SSSR count). The van der Waals surface area contributed by atoms with Crippen molar-refractivity contribution < 1.29 is 9.66 Å². The molecule has 0 fully saturated rings. The van der Waals surface area contributed by atoms with E-state index in [1.807, 2.05) is 6.07 Å². The quantitative estimate of drug-likeness (QED) is 0.629. The van der Waals surface area contributed by atoms with E-state index in [9.17, 15) is 10.1 Å². The number of benzene rings is 1. The Bertz CT molecular complexity index is 599. The predicted octanol–water partition coefficient (Wildman–Crippen LogP) is 3.39. The number of non-ortho nitro benzene ring substituents is 1. The second kappa shape index (κ2) is 7.19. The lowest BCUT2D eigenvalue weighted by Crippen LogP contribution is -2.27. The van der Waals surface area contributed by atoms with Crippen molar-refractivity contribution in [3.05, 3.63) is 56.3 Å². The summed E-state index contributed by atoms with van der Waals surface area (Å²) in [4.78, 5) is 10.5. The van der Waals surface area contributed by atoms with Crippen molar-refractivity contribution >= 4 is 17.0 Å². The second-order valence-corrected chi connectivity index (χ2v) is 5.69. The highest BCUT2D eigenvalue weighted by Gasteiger charge is 2.11. The molecule has 0 saturated carbocycles. The Morgan fingerprint density at radius 3 is 2.81 bits per heavy atom. The van der Waals surface area contributed by atoms with E-state index < -0.39 is 4.92 Å². The molecule has 0 spiro atoms. The van der Waals surface area contributed by atoms with E-state index in [1.54, 1.807) is 17.4 Å². The molecule has 112 valence electrons. The molecular formula is C15H18N2O3S. The molecule has 1 unspecified atom stereocenters. The molecule has 5 nitrogen and oxygen atoms in total. The number of hydrogen-bond donors (Lipinski definition) is 1. The monoisotopic (exact) mass is 306 g/mol. The van der Waals surface area contributed by atoms with E-state index in [0.717, 1.165) is 12.0 Å². The molecule has 2 aromatic rings. The summed E-state index contributed by atoms with van der Waals surface area (Å²) < 4.78 is 5.11. The average Bonchev–Trinajstić information content (AvgIpc) is 2.97. The van der Waals surface area contributed by atoms with Crippen molar-refractivity contribution in [1.82, 2.24) is 5.32 Å². The molecule has 0 radical (unpaired) electrons. The Balaban J connectivity index is 1.98. The van der Waals surface area contributed by atoms with Crippen LogP contribution in [-0.4, -0.2) is 18.1 Å². The van der Waals surface area contributed by atoms with Gasteiger partial charge in [-0.1, -0.05) is 0 Å². The summed E-state index contributed by atoms with van der Waals surface area (Å²) in [7, 11) is 1.51. The van der Waals surface area contributed by atoms with Gasteiger partial charge in [0.2, 0.25) is 0 Å². The first-order chi connectivity index (χ1) is 10.1. The van der Waals surface area contributed by atoms with Gasteiger partial charge in [-0.2, -0.15) is 11.3 Å². The molecule has 0 aliphatic rings. The van der Waals surface area contributed by atoms with Crippen LogP contribution in [-0.2, 0) is 13.0 Å². The van der Waals surface area contributed by atoms with Crippen LogP contribution in [0.1, 0.15) is 18.1 Å². The number of nitro groups is 1. The SMILES string of the molecule is COc1cc(CNC(C)Cc2ccsc2)cc([N+](=O)[O-])c1. The Morgan fingerprint density at radius 1 is 1.38 bits per heavy atom. The van der Waals surface area contributed by atoms with Crippen LogP contribution in [0.3, 0.4) is 0 Å². The van der Waals surface area contributed by atoms with Crippen molar-refractivity contribution in [3.8, 4) is 5.75 Å². The fourth-order valence-electron chi connectivity index (χ4n) is 2.10. The maximum Gasteiger partial charge on any atom is 0.273 e. The molecular weight excluding hydrogens is 288 g/mol. The van der Waals surface area contributed by atoms with Crippen LogP contribution in [0.4, 0.5) is 5.69 Å². The molecule has 1 atom stereocenters. The Labute approximate surface area is 127 Å². The van der Waals surface area contributed by atoms with Crippen molar-refractivity contribution in [2.45, 2.75) is 25.9 Å². The van der Waals surface area contributed by atoms with E-state index in [1.165, 1.54) is 18.7 Å². The van der Waals surface area contributed by atoms with Gasteiger partial charge < -0.3 is 10.1 Å². The van der Waals surface area contributed by atoms with Gasteiger partial charge in [-0.3, -0.25) is 10.1 Å². The lowest BCUT2D eigenvalue weighted by molar-refractivity contribution is -0.385. The molecule has 1 aromatic heterocycles. The third kappa shape index (κ3) is 4.54. The summed E-state index contributed by atoms with van der Waals surface area (Å²) in [5.41, 5.74) is 2.20. The third-order valence-electron chi connectivity index (χ3n) is 3.17. The minimum absolute atomic E-state index is 0.0524. The highest BCUT2D eigenvalue weighted by molar-refractivity contribution is 7.07. The van der Waals surface area contributed by atoms with Gasteiger partial charge in [0.25, 0.3) is 5.69 Å². The van der Waals surface area contributed by atoms with Crippen LogP contribution < -0.4 is 10.1 Å². The number of rotatable bonds is 7. The Hall–Kier alpha value is -1.92. The number of nitrogens with one attached hydrogen (secondary N) is 1. The first kappa shape index (κ1) is 15.5. The summed E-state index contributed by atoms with van der Waals surface area (Å²) in [5, 5.41) is 18.5. The number of nitro benzene ring substituents is 1. The zero-order chi connectivity index (χ0) is 15.2. The molecule has 1 heterocycles. The van der Waals surface area contributed by atoms with Crippen LogP contribution in [0.2, 0.25) is 0 Å². The molecule has 0 aliphatic heterocycles. The van der Waals surface area contributed by atoms with E-state index in [2.05, 4.69) is 29.1 Å². The van der Waals surface area contributed by atoms with E-state index in [0.29, 0.717) is 18.3 Å². The second-order valence-electron chi connectivity index (χ2n) is 4.91. The largest absolute Gasteiger partial charge is 0.496 e. The molecule has 21 heavy (non-hydrogen) atoms. The maximum atomic E-state index is 10.9. The summed E-state index contributed by atoms with van der Waals surface area (Å²) >= 11 is 1.69. The number of thiophene rings is 1. The lowest BCUT2D eigenvalue weighted by atomic mass is 10.1. The normalized spacial score (nSPS) is 12.1. The van der Waals surface area contributed by atoms with Gasteiger partial charge >= 0.3 is 0 Å². The number of methoxy groups -OCH3 is 1. The van der Waals surface area contributed by atoms with Gasteiger partial charge in [0.1, 0.15) is 5.75 Å². The van der Waals surface area contributed by atoms with Crippen molar-refractivity contribution in [3.63, 3.8) is 0 Å². The van der Waals surface area contributed by atoms with Gasteiger partial charge in [0.05, 0.1) is 18.1 Å². The van der Waals surface area contributed by atoms with Gasteiger partial charge in [0.15, 0.2) is 0 Å². The van der Waals surface area contributed by atoms with Gasteiger partial charge in [0, 0.05) is 18.7 Å². The van der Waals surface area contributed by atoms with Gasteiger partial charge in [-0.25, -0.2) is 0 Å². The Kier molecular flexibility index (Phi) is 5.30. The van der Waals surface area contributed by atoms with Crippen LogP contribution in [0, 0.1) is 10.1 Å². The lowest BCUT2D eigenvalue weighted by Gasteiger charge is -2.13. The minimum Gasteiger partial charge on any atom is -0.496 e. The van der Waals surface area contributed by atoms with Crippen molar-refractivity contribution in [2.75, 3.05) is 7.11 Å². The molecule has 6 heteroatoms. The zero-order valence-corrected chi connectivity index (χ0v) is 12.9. The number of nitrogens with zero attached hydrogens (tertiary/aromatic N) is 1. The van der Waals surface area contributed by atoms with Crippen LogP contribution in [0.5, 0.6) is 5.75 Å². The minimum atomic E-state index is -0.402. The predicted molar refractivity (Wildman–Crippen MR) is 84.0 cm³/mol. The van der Waals surface area contributed by atoms with Gasteiger partial charge in [-0.15, -0.1) is 0 Å². The van der Waals surface area contributed by atoms with E-state index >= 15 is 0 Å². The first-order valence-electron chi connectivity index (χ1n) is 6.65. The number of ether oxygens (including phenoxy) is 1. The maximum absolute atomic E-state index is 10.9. The summed E-state index contributed by atoms with van der Waals surface area (Å²) in [6, 6.07) is 7.23.